The fraction of sp³-hybridized carbons (Fsp3) is 0.350. The molecule has 0 saturated carbocycles. The van der Waals surface area contributed by atoms with Gasteiger partial charge in [0, 0.05) is 30.2 Å². The van der Waals surface area contributed by atoms with Gasteiger partial charge in [-0.2, -0.15) is 13.2 Å². The molecule has 0 amide bonds. The fourth-order valence-electron chi connectivity index (χ4n) is 3.66. The average molecular weight is 405 g/mol. The summed E-state index contributed by atoms with van der Waals surface area (Å²) in [5.74, 6) is -0.463. The van der Waals surface area contributed by atoms with Crippen LogP contribution in [0.3, 0.4) is 0 Å². The minimum atomic E-state index is -4.52. The maximum atomic E-state index is 12.9. The highest BCUT2D eigenvalue weighted by molar-refractivity contribution is 5.82. The zero-order valence-electron chi connectivity index (χ0n) is 15.6. The van der Waals surface area contributed by atoms with Crippen molar-refractivity contribution in [3.8, 4) is 5.75 Å². The monoisotopic (exact) mass is 405 g/mol. The van der Waals surface area contributed by atoms with Crippen LogP contribution in [0, 0.1) is 0 Å². The van der Waals surface area contributed by atoms with E-state index in [0.717, 1.165) is 55.7 Å². The maximum absolute atomic E-state index is 12.9. The molecule has 9 heteroatoms. The Morgan fingerprint density at radius 3 is 2.79 bits per heavy atom. The first-order chi connectivity index (χ1) is 13.9. The van der Waals surface area contributed by atoms with Crippen LogP contribution in [-0.4, -0.2) is 29.2 Å². The van der Waals surface area contributed by atoms with Gasteiger partial charge in [-0.15, -0.1) is 0 Å². The summed E-state index contributed by atoms with van der Waals surface area (Å²) < 4.78 is 38.7. The lowest BCUT2D eigenvalue weighted by molar-refractivity contribution is -0.137. The molecule has 0 aliphatic carbocycles. The maximum Gasteiger partial charge on any atom is 0.416 e. The Morgan fingerprint density at radius 1 is 1.14 bits per heavy atom. The Morgan fingerprint density at radius 2 is 2.00 bits per heavy atom. The molecule has 2 aliphatic heterocycles. The van der Waals surface area contributed by atoms with E-state index in [1.165, 1.54) is 6.07 Å². The van der Waals surface area contributed by atoms with E-state index < -0.39 is 17.5 Å². The Bertz CT molecular complexity index is 907. The van der Waals surface area contributed by atoms with Gasteiger partial charge in [0.2, 0.25) is 0 Å². The van der Waals surface area contributed by atoms with Crippen molar-refractivity contribution in [2.24, 2.45) is 0 Å². The number of hydrogen-bond acceptors (Lipinski definition) is 6. The Balaban J connectivity index is 1.62. The predicted molar refractivity (Wildman–Crippen MR) is 104 cm³/mol. The number of halogens is 3. The summed E-state index contributed by atoms with van der Waals surface area (Å²) >= 11 is 0. The van der Waals surface area contributed by atoms with Gasteiger partial charge in [-0.25, -0.2) is 0 Å². The van der Waals surface area contributed by atoms with Gasteiger partial charge in [-0.3, -0.25) is 15.4 Å². The van der Waals surface area contributed by atoms with E-state index in [0.29, 0.717) is 11.7 Å². The molecule has 29 heavy (non-hydrogen) atoms. The second-order valence-corrected chi connectivity index (χ2v) is 7.14. The predicted octanol–water partition coefficient (Wildman–Crippen LogP) is 3.49. The molecule has 1 aromatic carbocycles. The van der Waals surface area contributed by atoms with Crippen LogP contribution >= 0.6 is 0 Å². The molecule has 1 fully saturated rings. The Labute approximate surface area is 166 Å². The molecule has 0 bridgehead atoms. The molecule has 1 unspecified atom stereocenters. The van der Waals surface area contributed by atoms with Crippen LogP contribution in [-0.2, 0) is 6.18 Å². The van der Waals surface area contributed by atoms with Crippen molar-refractivity contribution in [2.45, 2.75) is 31.5 Å². The molecule has 1 atom stereocenters. The van der Waals surface area contributed by atoms with Crippen LogP contribution in [0.1, 0.15) is 30.4 Å². The van der Waals surface area contributed by atoms with E-state index in [9.17, 15) is 18.3 Å². The summed E-state index contributed by atoms with van der Waals surface area (Å²) in [6, 6.07) is 5.00. The quantitative estimate of drug-likeness (QED) is 0.627. The zero-order chi connectivity index (χ0) is 20.4. The van der Waals surface area contributed by atoms with Crippen LogP contribution < -0.4 is 21.1 Å². The number of hydrogen-bond donors (Lipinski definition) is 4. The summed E-state index contributed by atoms with van der Waals surface area (Å²) in [5, 5.41) is 18.7. The smallest absolute Gasteiger partial charge is 0.416 e. The van der Waals surface area contributed by atoms with Crippen molar-refractivity contribution in [3.05, 3.63) is 54.0 Å². The molecule has 4 N–H and O–H groups in total. The molecule has 6 nitrogen and oxygen atoms in total. The SMILES string of the molecule is Oc1cc(C(F)(F)F)ccc1N1NC=C(NC2CCCNCC2)c2cnccc21. The zero-order valence-corrected chi connectivity index (χ0v) is 15.6. The number of anilines is 2. The average Bonchev–Trinajstić information content (AvgIpc) is 2.96. The molecule has 2 aliphatic rings. The summed E-state index contributed by atoms with van der Waals surface area (Å²) in [7, 11) is 0. The van der Waals surface area contributed by atoms with Crippen LogP contribution in [0.4, 0.5) is 24.5 Å². The topological polar surface area (TPSA) is 72.5 Å². The number of fused-ring (bicyclic) bond motifs is 1. The molecule has 1 saturated heterocycles. The van der Waals surface area contributed by atoms with E-state index in [-0.39, 0.29) is 5.69 Å². The molecule has 0 radical (unpaired) electrons. The number of phenols is 1. The number of hydrazine groups is 1. The fourth-order valence-corrected chi connectivity index (χ4v) is 3.66. The largest absolute Gasteiger partial charge is 0.506 e. The third-order valence-corrected chi connectivity index (χ3v) is 5.15. The number of rotatable bonds is 3. The molecule has 2 aromatic rings. The second-order valence-electron chi connectivity index (χ2n) is 7.14. The number of phenolic OH excluding ortho intramolecular Hbond substituents is 1. The van der Waals surface area contributed by atoms with Gasteiger partial charge in [-0.05, 0) is 56.6 Å². The van der Waals surface area contributed by atoms with Gasteiger partial charge in [0.25, 0.3) is 0 Å². The first-order valence-electron chi connectivity index (χ1n) is 9.52. The lowest BCUT2D eigenvalue weighted by Gasteiger charge is -2.33. The van der Waals surface area contributed by atoms with Gasteiger partial charge in [0.15, 0.2) is 0 Å². The van der Waals surface area contributed by atoms with Crippen LogP contribution in [0.15, 0.2) is 42.9 Å². The highest BCUT2D eigenvalue weighted by Gasteiger charge is 2.32. The molecular weight excluding hydrogens is 383 g/mol. The molecule has 154 valence electrons. The van der Waals surface area contributed by atoms with Crippen molar-refractivity contribution in [1.82, 2.24) is 21.0 Å². The van der Waals surface area contributed by atoms with Gasteiger partial charge in [0.05, 0.1) is 16.9 Å². The van der Waals surface area contributed by atoms with E-state index in [1.54, 1.807) is 29.7 Å². The summed E-state index contributed by atoms with van der Waals surface area (Å²) in [4.78, 5) is 4.20. The van der Waals surface area contributed by atoms with Crippen molar-refractivity contribution < 1.29 is 18.3 Å². The Hall–Kier alpha value is -2.94. The van der Waals surface area contributed by atoms with Crippen LogP contribution in [0.5, 0.6) is 5.75 Å². The van der Waals surface area contributed by atoms with Gasteiger partial charge in [-0.1, -0.05) is 0 Å². The third-order valence-electron chi connectivity index (χ3n) is 5.15. The van der Waals surface area contributed by atoms with Gasteiger partial charge >= 0.3 is 6.18 Å². The van der Waals surface area contributed by atoms with Crippen LogP contribution in [0.2, 0.25) is 0 Å². The molecule has 1 aromatic heterocycles. The number of aromatic nitrogens is 1. The molecule has 0 spiro atoms. The summed E-state index contributed by atoms with van der Waals surface area (Å²) in [6.45, 7) is 1.96. The highest BCUT2D eigenvalue weighted by Crippen LogP contribution is 2.40. The minimum Gasteiger partial charge on any atom is -0.506 e. The van der Waals surface area contributed by atoms with E-state index >= 15 is 0 Å². The number of nitrogens with one attached hydrogen (secondary N) is 3. The van der Waals surface area contributed by atoms with Crippen molar-refractivity contribution in [2.75, 3.05) is 18.1 Å². The van der Waals surface area contributed by atoms with Crippen molar-refractivity contribution in [1.29, 1.82) is 0 Å². The Kier molecular flexibility index (Phi) is 5.23. The second kappa shape index (κ2) is 7.82. The number of benzene rings is 1. The minimum absolute atomic E-state index is 0.222. The number of alkyl halides is 3. The lowest BCUT2D eigenvalue weighted by Crippen LogP contribution is -2.38. The van der Waals surface area contributed by atoms with E-state index in [1.807, 2.05) is 0 Å². The molecule has 3 heterocycles. The van der Waals surface area contributed by atoms with Gasteiger partial charge < -0.3 is 15.7 Å². The lowest BCUT2D eigenvalue weighted by atomic mass is 10.1. The van der Waals surface area contributed by atoms with Crippen molar-refractivity contribution >= 4 is 17.1 Å². The summed E-state index contributed by atoms with van der Waals surface area (Å²) in [5.41, 5.74) is 4.75. The summed E-state index contributed by atoms with van der Waals surface area (Å²) in [6.07, 6.45) is 3.67. The first-order valence-corrected chi connectivity index (χ1v) is 9.52. The number of aromatic hydroxyl groups is 1. The van der Waals surface area contributed by atoms with Crippen LogP contribution in [0.25, 0.3) is 5.70 Å². The molecule has 4 rings (SSSR count). The van der Waals surface area contributed by atoms with E-state index in [4.69, 9.17) is 0 Å². The number of nitrogens with zero attached hydrogens (tertiary/aromatic N) is 2. The van der Waals surface area contributed by atoms with Gasteiger partial charge in [0.1, 0.15) is 11.4 Å². The third kappa shape index (κ3) is 4.09. The standard InChI is InChI=1S/C20H22F3N5O/c21-20(22,23)13-3-4-18(19(29)10-13)28-17-6-9-25-11-15(17)16(12-26-28)27-14-2-1-7-24-8-5-14/h3-4,6,9-12,14,24,26-27,29H,1-2,5,7-8H2. The highest BCUT2D eigenvalue weighted by atomic mass is 19.4. The van der Waals surface area contributed by atoms with Crippen molar-refractivity contribution in [3.63, 3.8) is 0 Å². The van der Waals surface area contributed by atoms with E-state index in [2.05, 4.69) is 21.0 Å². The number of pyridine rings is 1. The normalized spacial score (nSPS) is 19.6. The molecular formula is C20H22F3N5O. The first kappa shape index (κ1) is 19.4.